The van der Waals surface area contributed by atoms with E-state index in [2.05, 4.69) is 15.5 Å². The van der Waals surface area contributed by atoms with Gasteiger partial charge in [0.25, 0.3) is 5.54 Å². The summed E-state index contributed by atoms with van der Waals surface area (Å²) < 4.78 is 10.5. The first-order valence-electron chi connectivity index (χ1n) is 11.9. The summed E-state index contributed by atoms with van der Waals surface area (Å²) >= 11 is 0. The maximum absolute atomic E-state index is 12.6. The van der Waals surface area contributed by atoms with Crippen LogP contribution < -0.4 is 15.5 Å². The number of amides is 4. The summed E-state index contributed by atoms with van der Waals surface area (Å²) in [5.74, 6) is -0.355. The molecular formula is C25H31N5O6. The first-order valence-corrected chi connectivity index (χ1v) is 11.9. The van der Waals surface area contributed by atoms with Crippen molar-refractivity contribution in [1.29, 1.82) is 0 Å². The molecule has 3 aliphatic rings. The molecule has 1 aromatic carbocycles. The third-order valence-electron chi connectivity index (χ3n) is 6.76. The van der Waals surface area contributed by atoms with Crippen molar-refractivity contribution in [2.75, 3.05) is 37.6 Å². The molecule has 4 amide bonds. The quantitative estimate of drug-likeness (QED) is 0.579. The Bertz CT molecular complexity index is 1090. The van der Waals surface area contributed by atoms with Crippen molar-refractivity contribution in [3.05, 3.63) is 41.2 Å². The van der Waals surface area contributed by atoms with Crippen molar-refractivity contribution >= 4 is 29.7 Å². The normalized spacial score (nSPS) is 26.5. The van der Waals surface area contributed by atoms with Crippen molar-refractivity contribution in [1.82, 2.24) is 15.5 Å². The molecule has 0 aromatic heterocycles. The lowest BCUT2D eigenvalue weighted by Crippen LogP contribution is -2.42. The fourth-order valence-electron chi connectivity index (χ4n) is 5.04. The summed E-state index contributed by atoms with van der Waals surface area (Å²) in [5.41, 5.74) is 0.187. The molecule has 1 aliphatic carbocycles. The van der Waals surface area contributed by atoms with Gasteiger partial charge in [0.2, 0.25) is 11.8 Å². The van der Waals surface area contributed by atoms with Crippen molar-refractivity contribution in [2.45, 2.75) is 44.9 Å². The third kappa shape index (κ3) is 4.94. The van der Waals surface area contributed by atoms with Crippen LogP contribution in [0.5, 0.6) is 0 Å². The molecule has 1 saturated carbocycles. The molecule has 11 heteroatoms. The van der Waals surface area contributed by atoms with E-state index in [-0.39, 0.29) is 36.7 Å². The molecule has 1 unspecified atom stereocenters. The fourth-order valence-corrected chi connectivity index (χ4v) is 5.04. The van der Waals surface area contributed by atoms with E-state index < -0.39 is 29.4 Å². The minimum atomic E-state index is -0.687. The van der Waals surface area contributed by atoms with Gasteiger partial charge in [0, 0.05) is 31.3 Å². The van der Waals surface area contributed by atoms with Crippen molar-refractivity contribution < 1.29 is 28.7 Å². The van der Waals surface area contributed by atoms with Crippen LogP contribution in [0.1, 0.15) is 33.3 Å². The highest BCUT2D eigenvalue weighted by Gasteiger charge is 2.77. The van der Waals surface area contributed by atoms with Crippen LogP contribution in [0, 0.1) is 18.4 Å². The van der Waals surface area contributed by atoms with Crippen molar-refractivity contribution in [3.63, 3.8) is 0 Å². The smallest absolute Gasteiger partial charge is 0.414 e. The number of alkyl carbamates (subject to hydrolysis) is 1. The van der Waals surface area contributed by atoms with Gasteiger partial charge < -0.3 is 29.9 Å². The number of hydrogen-bond donors (Lipinski definition) is 2. The SMILES string of the molecule is [C-]#[N+]C1(c2ccc(N3C[C@H](CNC(C)=O)OC3=O)cc2)[C@@H]2CN(C(=O)CNC(=O)OC(C)(C)C)C[C@@H]21. The van der Waals surface area contributed by atoms with Crippen LogP contribution in [0.3, 0.4) is 0 Å². The molecule has 0 radical (unpaired) electrons. The maximum Gasteiger partial charge on any atom is 0.414 e. The first-order chi connectivity index (χ1) is 16.9. The standard InChI is InChI=1S/C25H31N5O6/c1-15(31)27-10-18-12-30(23(34)35-18)17-8-6-16(7-9-17)25(26-5)19-13-29(14-20(19)25)21(32)11-28-22(33)36-24(2,3)4/h6-9,18-20H,10-14H2,1-4H3,(H,27,31)(H,28,33)/t18-,19-,20+,25?/m0/s1. The second-order valence-corrected chi connectivity index (χ2v) is 10.4. The molecule has 0 bridgehead atoms. The predicted molar refractivity (Wildman–Crippen MR) is 129 cm³/mol. The second kappa shape index (κ2) is 9.33. The average molecular weight is 498 g/mol. The topological polar surface area (TPSA) is 122 Å². The van der Waals surface area contributed by atoms with E-state index in [1.807, 2.05) is 12.1 Å². The lowest BCUT2D eigenvalue weighted by atomic mass is 9.99. The first kappa shape index (κ1) is 25.3. The Balaban J connectivity index is 1.33. The summed E-state index contributed by atoms with van der Waals surface area (Å²) in [7, 11) is 0. The van der Waals surface area contributed by atoms with E-state index >= 15 is 0 Å². The molecule has 192 valence electrons. The second-order valence-electron chi connectivity index (χ2n) is 10.4. The molecule has 0 spiro atoms. The zero-order valence-electron chi connectivity index (χ0n) is 20.9. The molecule has 4 rings (SSSR count). The minimum Gasteiger partial charge on any atom is -0.444 e. The van der Waals surface area contributed by atoms with Gasteiger partial charge in [0.1, 0.15) is 18.2 Å². The highest BCUT2D eigenvalue weighted by Crippen LogP contribution is 2.64. The van der Waals surface area contributed by atoms with E-state index in [9.17, 15) is 19.2 Å². The Kier molecular flexibility index (Phi) is 6.56. The predicted octanol–water partition coefficient (Wildman–Crippen LogP) is 1.88. The van der Waals surface area contributed by atoms with Crippen LogP contribution in [0.4, 0.5) is 15.3 Å². The largest absolute Gasteiger partial charge is 0.444 e. The summed E-state index contributed by atoms with van der Waals surface area (Å²) in [6, 6.07) is 7.31. The molecule has 2 saturated heterocycles. The van der Waals surface area contributed by atoms with Gasteiger partial charge in [0.15, 0.2) is 0 Å². The molecule has 2 N–H and O–H groups in total. The highest BCUT2D eigenvalue weighted by molar-refractivity contribution is 5.90. The van der Waals surface area contributed by atoms with Crippen molar-refractivity contribution in [3.8, 4) is 0 Å². The number of benzene rings is 1. The van der Waals surface area contributed by atoms with Gasteiger partial charge in [-0.15, -0.1) is 0 Å². The maximum atomic E-state index is 12.6. The van der Waals surface area contributed by atoms with Gasteiger partial charge >= 0.3 is 12.2 Å². The van der Waals surface area contributed by atoms with Gasteiger partial charge in [-0.25, -0.2) is 16.2 Å². The molecular weight excluding hydrogens is 466 g/mol. The summed E-state index contributed by atoms with van der Waals surface area (Å²) in [6.07, 6.45) is -1.54. The zero-order valence-corrected chi connectivity index (χ0v) is 20.9. The number of piperidine rings is 1. The number of likely N-dealkylation sites (tertiary alicyclic amines) is 1. The number of anilines is 1. The summed E-state index contributed by atoms with van der Waals surface area (Å²) in [5, 5.41) is 5.14. The lowest BCUT2D eigenvalue weighted by molar-refractivity contribution is -0.129. The number of ether oxygens (including phenoxy) is 2. The van der Waals surface area contributed by atoms with Gasteiger partial charge in [-0.2, -0.15) is 0 Å². The number of fused-ring (bicyclic) bond motifs is 1. The number of carbonyl (C=O) groups excluding carboxylic acids is 4. The van der Waals surface area contributed by atoms with E-state index in [0.29, 0.717) is 25.3 Å². The average Bonchev–Trinajstić information content (AvgIpc) is 3.10. The van der Waals surface area contributed by atoms with Crippen molar-refractivity contribution in [2.24, 2.45) is 11.8 Å². The molecule has 4 atom stereocenters. The van der Waals surface area contributed by atoms with Gasteiger partial charge in [-0.1, -0.05) is 0 Å². The Morgan fingerprint density at radius 1 is 1.14 bits per heavy atom. The number of rotatable bonds is 6. The fraction of sp³-hybridized carbons (Fsp3) is 0.560. The monoisotopic (exact) mass is 497 g/mol. The Hall–Kier alpha value is -3.81. The van der Waals surface area contributed by atoms with E-state index in [4.69, 9.17) is 16.0 Å². The Labute approximate surface area is 209 Å². The van der Waals surface area contributed by atoms with Crippen LogP contribution in [-0.2, 0) is 24.6 Å². The highest BCUT2D eigenvalue weighted by atomic mass is 16.6. The number of carbonyl (C=O) groups is 4. The lowest BCUT2D eigenvalue weighted by Gasteiger charge is -2.23. The summed E-state index contributed by atoms with van der Waals surface area (Å²) in [4.78, 5) is 54.9. The van der Waals surface area contributed by atoms with E-state index in [1.165, 1.54) is 11.8 Å². The summed E-state index contributed by atoms with van der Waals surface area (Å²) in [6.45, 7) is 15.9. The van der Waals surface area contributed by atoms with Crippen LogP contribution in [-0.4, -0.2) is 73.3 Å². The minimum absolute atomic E-state index is 0.0186. The number of cyclic esters (lactones) is 1. The number of nitrogens with zero attached hydrogens (tertiary/aromatic N) is 3. The molecule has 3 fully saturated rings. The van der Waals surface area contributed by atoms with Gasteiger partial charge in [-0.05, 0) is 45.0 Å². The van der Waals surface area contributed by atoms with Gasteiger partial charge in [-0.3, -0.25) is 14.5 Å². The number of hydrogen-bond acceptors (Lipinski definition) is 6. The van der Waals surface area contributed by atoms with Crippen LogP contribution in [0.15, 0.2) is 24.3 Å². The number of nitrogens with one attached hydrogen (secondary N) is 2. The Morgan fingerprint density at radius 2 is 1.78 bits per heavy atom. The third-order valence-corrected chi connectivity index (χ3v) is 6.76. The molecule has 2 aliphatic heterocycles. The van der Waals surface area contributed by atoms with Crippen LogP contribution in [0.25, 0.3) is 4.85 Å². The molecule has 2 heterocycles. The zero-order chi connectivity index (χ0) is 26.3. The molecule has 36 heavy (non-hydrogen) atoms. The van der Waals surface area contributed by atoms with Crippen LogP contribution in [0.2, 0.25) is 0 Å². The van der Waals surface area contributed by atoms with E-state index in [1.54, 1.807) is 37.8 Å². The molecule has 1 aromatic rings. The van der Waals surface area contributed by atoms with Crippen LogP contribution >= 0.6 is 0 Å². The van der Waals surface area contributed by atoms with Gasteiger partial charge in [0.05, 0.1) is 24.9 Å². The Morgan fingerprint density at radius 3 is 2.33 bits per heavy atom. The van der Waals surface area contributed by atoms with E-state index in [0.717, 1.165) is 5.56 Å². The molecule has 11 nitrogen and oxygen atoms in total.